The average molecular weight is 921 g/mol. The standard InChI is InChI=1S/C60H121NO4/c1-3-5-7-9-11-13-15-17-19-21-22-23-24-25-26-27-28-29-30-31-32-33-34-35-36-38-39-41-43-45-47-49-51-53-57(63)55-60(65)61-58(56-62)59(64)54-52-50-48-46-44-42-40-37-20-18-16-14-12-10-8-6-4-2/h57-59,62-64H,3-56H2,1-2H3,(H,61,65). The van der Waals surface area contributed by atoms with Gasteiger partial charge in [-0.15, -0.1) is 0 Å². The molecule has 0 aromatic rings. The summed E-state index contributed by atoms with van der Waals surface area (Å²) in [6.07, 6.45) is 68.6. The van der Waals surface area contributed by atoms with Crippen LogP contribution in [-0.2, 0) is 4.79 Å². The third-order valence-electron chi connectivity index (χ3n) is 14.7. The number of nitrogens with one attached hydrogen (secondary N) is 1. The van der Waals surface area contributed by atoms with Gasteiger partial charge in [-0.25, -0.2) is 0 Å². The van der Waals surface area contributed by atoms with E-state index in [-0.39, 0.29) is 18.9 Å². The van der Waals surface area contributed by atoms with E-state index in [1.807, 2.05) is 0 Å². The lowest BCUT2D eigenvalue weighted by molar-refractivity contribution is -0.125. The van der Waals surface area contributed by atoms with Crippen LogP contribution in [0.2, 0.25) is 0 Å². The second-order valence-corrected chi connectivity index (χ2v) is 21.3. The number of carbonyl (C=O) groups excluding carboxylic acids is 1. The first-order valence-corrected chi connectivity index (χ1v) is 30.3. The van der Waals surface area contributed by atoms with Gasteiger partial charge >= 0.3 is 0 Å². The molecule has 3 atom stereocenters. The van der Waals surface area contributed by atoms with Gasteiger partial charge in [-0.05, 0) is 12.8 Å². The lowest BCUT2D eigenvalue weighted by Crippen LogP contribution is -2.46. The molecular formula is C60H121NO4. The Kier molecular flexibility index (Phi) is 55.4. The van der Waals surface area contributed by atoms with Crippen molar-refractivity contribution < 1.29 is 20.1 Å². The van der Waals surface area contributed by atoms with Gasteiger partial charge in [-0.1, -0.05) is 335 Å². The van der Waals surface area contributed by atoms with Crippen molar-refractivity contribution in [2.75, 3.05) is 6.61 Å². The molecule has 390 valence electrons. The fourth-order valence-electron chi connectivity index (χ4n) is 10.1. The van der Waals surface area contributed by atoms with E-state index in [4.69, 9.17) is 0 Å². The first-order valence-electron chi connectivity index (χ1n) is 30.3. The summed E-state index contributed by atoms with van der Waals surface area (Å²) < 4.78 is 0. The van der Waals surface area contributed by atoms with Crippen LogP contribution in [0.25, 0.3) is 0 Å². The van der Waals surface area contributed by atoms with Crippen LogP contribution in [-0.4, -0.2) is 46.1 Å². The fraction of sp³-hybridized carbons (Fsp3) is 0.983. The molecule has 5 nitrogen and oxygen atoms in total. The number of hydrogen-bond donors (Lipinski definition) is 4. The third kappa shape index (κ3) is 52.6. The molecule has 0 aromatic carbocycles. The van der Waals surface area contributed by atoms with E-state index in [0.29, 0.717) is 12.8 Å². The summed E-state index contributed by atoms with van der Waals surface area (Å²) in [5.41, 5.74) is 0. The Balaban J connectivity index is 3.42. The number of rotatable bonds is 57. The lowest BCUT2D eigenvalue weighted by atomic mass is 10.0. The number of aliphatic hydroxyl groups excluding tert-OH is 3. The molecule has 5 heteroatoms. The van der Waals surface area contributed by atoms with Gasteiger partial charge in [0.15, 0.2) is 0 Å². The van der Waals surface area contributed by atoms with E-state index in [1.54, 1.807) is 0 Å². The number of hydrogen-bond acceptors (Lipinski definition) is 4. The van der Waals surface area contributed by atoms with Crippen LogP contribution in [0, 0.1) is 0 Å². The summed E-state index contributed by atoms with van der Waals surface area (Å²) in [4.78, 5) is 12.5. The van der Waals surface area contributed by atoms with Crippen molar-refractivity contribution in [3.63, 3.8) is 0 Å². The Morgan fingerprint density at radius 2 is 0.523 bits per heavy atom. The van der Waals surface area contributed by atoms with Crippen LogP contribution in [0.15, 0.2) is 0 Å². The van der Waals surface area contributed by atoms with Gasteiger partial charge in [0.1, 0.15) is 0 Å². The summed E-state index contributed by atoms with van der Waals surface area (Å²) in [6, 6.07) is -0.654. The van der Waals surface area contributed by atoms with Crippen molar-refractivity contribution in [3.8, 4) is 0 Å². The van der Waals surface area contributed by atoms with Gasteiger partial charge in [0, 0.05) is 0 Å². The molecule has 0 saturated heterocycles. The molecule has 0 bridgehead atoms. The van der Waals surface area contributed by atoms with Crippen molar-refractivity contribution in [1.82, 2.24) is 5.32 Å². The SMILES string of the molecule is CCCCCCCCCCCCCCCCCCCCCCCCCCCCCCCCCCCC(O)CC(=O)NC(CO)C(O)CCCCCCCCCCCCCCCCCCC. The van der Waals surface area contributed by atoms with Gasteiger partial charge in [-0.2, -0.15) is 0 Å². The van der Waals surface area contributed by atoms with Crippen LogP contribution in [0.3, 0.4) is 0 Å². The van der Waals surface area contributed by atoms with E-state index in [1.165, 1.54) is 295 Å². The van der Waals surface area contributed by atoms with E-state index < -0.39 is 18.2 Å². The van der Waals surface area contributed by atoms with Gasteiger partial charge in [-0.3, -0.25) is 4.79 Å². The van der Waals surface area contributed by atoms with Crippen molar-refractivity contribution in [2.45, 2.75) is 372 Å². The summed E-state index contributed by atoms with van der Waals surface area (Å²) in [6.45, 7) is 4.31. The molecule has 0 aromatic heterocycles. The number of unbranched alkanes of at least 4 members (excludes halogenated alkanes) is 48. The molecule has 1 amide bonds. The van der Waals surface area contributed by atoms with Crippen LogP contribution in [0.5, 0.6) is 0 Å². The Morgan fingerprint density at radius 3 is 0.738 bits per heavy atom. The highest BCUT2D eigenvalue weighted by Gasteiger charge is 2.21. The van der Waals surface area contributed by atoms with Crippen molar-refractivity contribution in [2.24, 2.45) is 0 Å². The smallest absolute Gasteiger partial charge is 0.222 e. The number of carbonyl (C=O) groups is 1. The van der Waals surface area contributed by atoms with E-state index in [0.717, 1.165) is 25.7 Å². The quantitative estimate of drug-likeness (QED) is 0.0458. The van der Waals surface area contributed by atoms with Crippen LogP contribution < -0.4 is 5.32 Å². The summed E-state index contributed by atoms with van der Waals surface area (Å²) >= 11 is 0. The van der Waals surface area contributed by atoms with E-state index in [9.17, 15) is 20.1 Å². The zero-order valence-corrected chi connectivity index (χ0v) is 44.7. The Hall–Kier alpha value is -0.650. The summed E-state index contributed by atoms with van der Waals surface area (Å²) in [5.74, 6) is -0.274. The third-order valence-corrected chi connectivity index (χ3v) is 14.7. The molecule has 0 heterocycles. The molecule has 0 saturated carbocycles. The minimum absolute atomic E-state index is 0.0436. The molecule has 0 radical (unpaired) electrons. The van der Waals surface area contributed by atoms with E-state index >= 15 is 0 Å². The Bertz CT molecular complexity index is 883. The number of aliphatic hydroxyl groups is 3. The first kappa shape index (κ1) is 64.3. The predicted molar refractivity (Wildman–Crippen MR) is 287 cm³/mol. The fourth-order valence-corrected chi connectivity index (χ4v) is 10.1. The summed E-state index contributed by atoms with van der Waals surface area (Å²) in [5, 5.41) is 33.6. The predicted octanol–water partition coefficient (Wildman–Crippen LogP) is 18.9. The highest BCUT2D eigenvalue weighted by atomic mass is 16.3. The molecule has 0 fully saturated rings. The zero-order chi connectivity index (χ0) is 47.2. The van der Waals surface area contributed by atoms with Crippen LogP contribution >= 0.6 is 0 Å². The van der Waals surface area contributed by atoms with Crippen LogP contribution in [0.4, 0.5) is 0 Å². The van der Waals surface area contributed by atoms with Gasteiger partial charge in [0.25, 0.3) is 0 Å². The molecule has 4 N–H and O–H groups in total. The molecule has 3 unspecified atom stereocenters. The maximum atomic E-state index is 12.5. The molecule has 65 heavy (non-hydrogen) atoms. The average Bonchev–Trinajstić information content (AvgIpc) is 3.30. The highest BCUT2D eigenvalue weighted by Crippen LogP contribution is 2.19. The second-order valence-electron chi connectivity index (χ2n) is 21.3. The minimum Gasteiger partial charge on any atom is -0.394 e. The van der Waals surface area contributed by atoms with Crippen molar-refractivity contribution in [3.05, 3.63) is 0 Å². The van der Waals surface area contributed by atoms with Crippen LogP contribution in [0.1, 0.15) is 354 Å². The lowest BCUT2D eigenvalue weighted by Gasteiger charge is -2.23. The summed E-state index contributed by atoms with van der Waals surface area (Å²) in [7, 11) is 0. The second kappa shape index (κ2) is 55.9. The molecule has 0 aliphatic heterocycles. The molecule has 0 rings (SSSR count). The Morgan fingerprint density at radius 1 is 0.323 bits per heavy atom. The van der Waals surface area contributed by atoms with Gasteiger partial charge in [0.05, 0.1) is 31.3 Å². The van der Waals surface area contributed by atoms with E-state index in [2.05, 4.69) is 19.2 Å². The van der Waals surface area contributed by atoms with Gasteiger partial charge < -0.3 is 20.6 Å². The first-order chi connectivity index (χ1) is 32.0. The van der Waals surface area contributed by atoms with Crippen molar-refractivity contribution >= 4 is 5.91 Å². The minimum atomic E-state index is -0.745. The Labute approximate surface area is 408 Å². The normalized spacial score (nSPS) is 13.1. The highest BCUT2D eigenvalue weighted by molar-refractivity contribution is 5.76. The zero-order valence-electron chi connectivity index (χ0n) is 44.7. The largest absolute Gasteiger partial charge is 0.394 e. The van der Waals surface area contributed by atoms with Gasteiger partial charge in [0.2, 0.25) is 5.91 Å². The number of amides is 1. The maximum Gasteiger partial charge on any atom is 0.222 e. The topological polar surface area (TPSA) is 89.8 Å². The molecular weight excluding hydrogens is 799 g/mol. The maximum absolute atomic E-state index is 12.5. The molecule has 0 aliphatic rings. The molecule has 0 aliphatic carbocycles. The van der Waals surface area contributed by atoms with Crippen molar-refractivity contribution in [1.29, 1.82) is 0 Å². The molecule has 0 spiro atoms. The monoisotopic (exact) mass is 920 g/mol.